The lowest BCUT2D eigenvalue weighted by molar-refractivity contribution is -0.117. The fourth-order valence-corrected chi connectivity index (χ4v) is 3.86. The maximum absolute atomic E-state index is 12.5. The first kappa shape index (κ1) is 16.7. The quantitative estimate of drug-likeness (QED) is 0.740. The largest absolute Gasteiger partial charge is 0.361 e. The van der Waals surface area contributed by atoms with Crippen molar-refractivity contribution in [3.63, 3.8) is 0 Å². The summed E-state index contributed by atoms with van der Waals surface area (Å²) in [4.78, 5) is 13.5. The Morgan fingerprint density at radius 3 is 2.62 bits per heavy atom. The minimum atomic E-state index is -0.327. The van der Waals surface area contributed by atoms with Crippen LogP contribution in [0.25, 0.3) is 0 Å². The SMILES string of the molecule is Cc1noc(C)c1C(C)C(=O)Nc1ccc(Sc2nncs2)cc1. The third-order valence-electron chi connectivity index (χ3n) is 3.58. The van der Waals surface area contributed by atoms with Crippen LogP contribution in [0.5, 0.6) is 0 Å². The summed E-state index contributed by atoms with van der Waals surface area (Å²) in [5.74, 6) is 0.263. The van der Waals surface area contributed by atoms with Crippen molar-refractivity contribution in [1.29, 1.82) is 0 Å². The topological polar surface area (TPSA) is 80.9 Å². The second kappa shape index (κ2) is 7.14. The standard InChI is InChI=1S/C16H16N4O2S2/c1-9(14-10(2)20-22-11(14)3)15(21)18-12-4-6-13(7-5-12)24-16-19-17-8-23-16/h4-9H,1-3H3,(H,18,21). The van der Waals surface area contributed by atoms with E-state index in [-0.39, 0.29) is 11.8 Å². The molecule has 24 heavy (non-hydrogen) atoms. The number of hydrogen-bond donors (Lipinski definition) is 1. The summed E-state index contributed by atoms with van der Waals surface area (Å²) in [7, 11) is 0. The van der Waals surface area contributed by atoms with E-state index in [2.05, 4.69) is 20.7 Å². The first-order chi connectivity index (χ1) is 11.5. The maximum atomic E-state index is 12.5. The molecule has 0 bridgehead atoms. The summed E-state index contributed by atoms with van der Waals surface area (Å²) < 4.78 is 6.03. The number of carbonyl (C=O) groups excluding carboxylic acids is 1. The summed E-state index contributed by atoms with van der Waals surface area (Å²) in [6, 6.07) is 7.65. The third-order valence-corrected chi connectivity index (χ3v) is 5.37. The number of nitrogens with zero attached hydrogens (tertiary/aromatic N) is 3. The average molecular weight is 360 g/mol. The zero-order valence-corrected chi connectivity index (χ0v) is 15.1. The molecule has 0 aliphatic rings. The Bertz CT molecular complexity index is 809. The van der Waals surface area contributed by atoms with Gasteiger partial charge < -0.3 is 9.84 Å². The predicted octanol–water partition coefficient (Wildman–Crippen LogP) is 4.04. The van der Waals surface area contributed by atoms with Crippen molar-refractivity contribution in [2.45, 2.75) is 35.9 Å². The maximum Gasteiger partial charge on any atom is 0.231 e. The van der Waals surface area contributed by atoms with Crippen LogP contribution in [0, 0.1) is 13.8 Å². The summed E-state index contributed by atoms with van der Waals surface area (Å²) >= 11 is 3.04. The zero-order chi connectivity index (χ0) is 17.1. The normalized spacial score (nSPS) is 12.1. The number of nitrogens with one attached hydrogen (secondary N) is 1. The molecule has 124 valence electrons. The molecule has 0 spiro atoms. The van der Waals surface area contributed by atoms with Crippen LogP contribution >= 0.6 is 23.1 Å². The van der Waals surface area contributed by atoms with Crippen molar-refractivity contribution in [3.05, 3.63) is 46.8 Å². The molecule has 2 heterocycles. The number of aryl methyl sites for hydroxylation is 2. The fourth-order valence-electron chi connectivity index (χ4n) is 2.40. The highest BCUT2D eigenvalue weighted by Gasteiger charge is 2.22. The molecule has 1 amide bonds. The first-order valence-electron chi connectivity index (χ1n) is 7.32. The molecule has 3 aromatic rings. The van der Waals surface area contributed by atoms with Gasteiger partial charge in [-0.1, -0.05) is 28.3 Å². The molecule has 8 heteroatoms. The molecule has 3 rings (SSSR count). The number of anilines is 1. The minimum absolute atomic E-state index is 0.0890. The van der Waals surface area contributed by atoms with E-state index in [1.54, 1.807) is 17.3 Å². The fraction of sp³-hybridized carbons (Fsp3) is 0.250. The van der Waals surface area contributed by atoms with Crippen LogP contribution in [0.15, 0.2) is 43.5 Å². The molecule has 0 saturated carbocycles. The van der Waals surface area contributed by atoms with Gasteiger partial charge in [0.2, 0.25) is 5.91 Å². The number of carbonyl (C=O) groups is 1. The van der Waals surface area contributed by atoms with Gasteiger partial charge in [0.25, 0.3) is 0 Å². The third kappa shape index (κ3) is 3.65. The first-order valence-corrected chi connectivity index (χ1v) is 9.02. The summed E-state index contributed by atoms with van der Waals surface area (Å²) in [6.45, 7) is 5.51. The molecule has 0 radical (unpaired) electrons. The van der Waals surface area contributed by atoms with E-state index in [1.807, 2.05) is 45.0 Å². The number of rotatable bonds is 5. The van der Waals surface area contributed by atoms with E-state index < -0.39 is 0 Å². The molecule has 1 N–H and O–H groups in total. The van der Waals surface area contributed by atoms with E-state index in [0.717, 1.165) is 26.2 Å². The van der Waals surface area contributed by atoms with Crippen LogP contribution in [0.3, 0.4) is 0 Å². The van der Waals surface area contributed by atoms with Crippen LogP contribution in [-0.4, -0.2) is 21.3 Å². The Labute approximate surface area is 147 Å². The van der Waals surface area contributed by atoms with E-state index in [0.29, 0.717) is 5.76 Å². The number of hydrogen-bond acceptors (Lipinski definition) is 7. The van der Waals surface area contributed by atoms with Crippen LogP contribution in [0.2, 0.25) is 0 Å². The van der Waals surface area contributed by atoms with Crippen molar-refractivity contribution >= 4 is 34.7 Å². The molecular formula is C16H16N4O2S2. The van der Waals surface area contributed by atoms with Crippen LogP contribution in [0.1, 0.15) is 29.9 Å². The van der Waals surface area contributed by atoms with Gasteiger partial charge in [-0.25, -0.2) is 0 Å². The number of amides is 1. The van der Waals surface area contributed by atoms with Gasteiger partial charge in [0.15, 0.2) is 4.34 Å². The van der Waals surface area contributed by atoms with Crippen LogP contribution < -0.4 is 5.32 Å². The van der Waals surface area contributed by atoms with E-state index in [4.69, 9.17) is 4.52 Å². The minimum Gasteiger partial charge on any atom is -0.361 e. The highest BCUT2D eigenvalue weighted by atomic mass is 32.2. The van der Waals surface area contributed by atoms with Crippen LogP contribution in [0.4, 0.5) is 5.69 Å². The Kier molecular flexibility index (Phi) is 4.96. The van der Waals surface area contributed by atoms with Gasteiger partial charge >= 0.3 is 0 Å². The van der Waals surface area contributed by atoms with Crippen molar-refractivity contribution in [2.24, 2.45) is 0 Å². The van der Waals surface area contributed by atoms with Crippen molar-refractivity contribution in [3.8, 4) is 0 Å². The molecule has 0 aliphatic carbocycles. The molecule has 1 aromatic carbocycles. The predicted molar refractivity (Wildman–Crippen MR) is 93.5 cm³/mol. The Morgan fingerprint density at radius 1 is 1.29 bits per heavy atom. The molecule has 1 unspecified atom stereocenters. The van der Waals surface area contributed by atoms with Gasteiger partial charge in [-0.2, -0.15) is 0 Å². The molecule has 6 nitrogen and oxygen atoms in total. The van der Waals surface area contributed by atoms with Crippen molar-refractivity contribution < 1.29 is 9.32 Å². The second-order valence-corrected chi connectivity index (χ2v) is 7.43. The van der Waals surface area contributed by atoms with Crippen molar-refractivity contribution in [2.75, 3.05) is 5.32 Å². The monoisotopic (exact) mass is 360 g/mol. The Morgan fingerprint density at radius 2 is 2.04 bits per heavy atom. The van der Waals surface area contributed by atoms with Crippen LogP contribution in [-0.2, 0) is 4.79 Å². The van der Waals surface area contributed by atoms with Gasteiger partial charge in [0.05, 0.1) is 11.6 Å². The molecule has 0 aliphatic heterocycles. The molecule has 0 fully saturated rings. The Balaban J connectivity index is 1.66. The lowest BCUT2D eigenvalue weighted by Crippen LogP contribution is -2.19. The lowest BCUT2D eigenvalue weighted by atomic mass is 9.98. The average Bonchev–Trinajstić information content (AvgIpc) is 3.18. The van der Waals surface area contributed by atoms with Gasteiger partial charge in [-0.05, 0) is 45.0 Å². The molecular weight excluding hydrogens is 344 g/mol. The lowest BCUT2D eigenvalue weighted by Gasteiger charge is -2.12. The number of aromatic nitrogens is 3. The summed E-state index contributed by atoms with van der Waals surface area (Å²) in [6.07, 6.45) is 0. The summed E-state index contributed by atoms with van der Waals surface area (Å²) in [5.41, 5.74) is 4.04. The van der Waals surface area contributed by atoms with Gasteiger partial charge in [0.1, 0.15) is 11.3 Å². The summed E-state index contributed by atoms with van der Waals surface area (Å²) in [5, 5.41) is 14.6. The number of benzene rings is 1. The van der Waals surface area contributed by atoms with Gasteiger partial charge in [-0.3, -0.25) is 4.79 Å². The van der Waals surface area contributed by atoms with Crippen molar-refractivity contribution in [1.82, 2.24) is 15.4 Å². The van der Waals surface area contributed by atoms with Gasteiger partial charge in [-0.15, -0.1) is 10.2 Å². The second-order valence-electron chi connectivity index (χ2n) is 5.28. The molecule has 2 aromatic heterocycles. The highest BCUT2D eigenvalue weighted by molar-refractivity contribution is 8.01. The Hall–Kier alpha value is -2.19. The molecule has 0 saturated heterocycles. The smallest absolute Gasteiger partial charge is 0.231 e. The molecule has 1 atom stereocenters. The van der Waals surface area contributed by atoms with E-state index in [9.17, 15) is 4.79 Å². The zero-order valence-electron chi connectivity index (χ0n) is 13.4. The van der Waals surface area contributed by atoms with E-state index >= 15 is 0 Å². The highest BCUT2D eigenvalue weighted by Crippen LogP contribution is 2.30. The van der Waals surface area contributed by atoms with E-state index in [1.165, 1.54) is 11.3 Å². The van der Waals surface area contributed by atoms with Gasteiger partial charge in [0, 0.05) is 16.1 Å².